The summed E-state index contributed by atoms with van der Waals surface area (Å²) in [6, 6.07) is 1.06. The fraction of sp³-hybridized carbons (Fsp3) is 1.00. The van der Waals surface area contributed by atoms with Crippen molar-refractivity contribution < 1.29 is 4.90 Å². The van der Waals surface area contributed by atoms with Gasteiger partial charge in [0.2, 0.25) is 0 Å². The van der Waals surface area contributed by atoms with E-state index in [0.29, 0.717) is 0 Å². The molecular weight excluding hydrogens is 170 g/mol. The van der Waals surface area contributed by atoms with E-state index >= 15 is 0 Å². The van der Waals surface area contributed by atoms with E-state index in [4.69, 9.17) is 0 Å². The lowest BCUT2D eigenvalue weighted by Gasteiger charge is -2.27. The first kappa shape index (κ1) is 10.3. The van der Waals surface area contributed by atoms with E-state index in [2.05, 4.69) is 0 Å². The summed E-state index contributed by atoms with van der Waals surface area (Å²) >= 11 is 0. The molecule has 2 aliphatic rings. The minimum absolute atomic E-state index is 0. The predicted octanol–water partition coefficient (Wildman–Crippen LogP) is 1.42. The second-order valence-electron chi connectivity index (χ2n) is 4.20. The average Bonchev–Trinajstić information content (AvgIpc) is 2.58. The van der Waals surface area contributed by atoms with E-state index in [0.717, 1.165) is 6.04 Å². The second-order valence-corrected chi connectivity index (χ2v) is 4.20. The van der Waals surface area contributed by atoms with Crippen LogP contribution in [-0.2, 0) is 0 Å². The summed E-state index contributed by atoms with van der Waals surface area (Å²) in [7, 11) is 0. The van der Waals surface area contributed by atoms with Crippen LogP contribution in [0.15, 0.2) is 0 Å². The van der Waals surface area contributed by atoms with Gasteiger partial charge in [0.1, 0.15) is 0 Å². The Morgan fingerprint density at radius 1 is 0.750 bits per heavy atom. The molecule has 1 nitrogen and oxygen atoms in total. The summed E-state index contributed by atoms with van der Waals surface area (Å²) in [5.74, 6) is 0. The average molecular weight is 191 g/mol. The maximum absolute atomic E-state index is 1.93. The zero-order valence-corrected chi connectivity index (χ0v) is 8.67. The van der Waals surface area contributed by atoms with Crippen LogP contribution in [0.25, 0.3) is 0 Å². The Morgan fingerprint density at radius 3 is 1.92 bits per heavy atom. The summed E-state index contributed by atoms with van der Waals surface area (Å²) in [5, 5.41) is 0. The van der Waals surface area contributed by atoms with Gasteiger partial charge in [0, 0.05) is 12.8 Å². The molecule has 0 atom stereocenters. The van der Waals surface area contributed by atoms with E-state index in [-0.39, 0.29) is 12.4 Å². The Labute approximate surface area is 81.9 Å². The van der Waals surface area contributed by atoms with Gasteiger partial charge in [-0.15, -0.1) is 12.4 Å². The monoisotopic (exact) mass is 190 g/mol. The second kappa shape index (κ2) is 5.08. The molecule has 2 rings (SSSR count). The molecule has 2 heteroatoms. The van der Waals surface area contributed by atoms with Gasteiger partial charge in [-0.2, -0.15) is 0 Å². The number of nitrogens with one attached hydrogen (secondary N) is 1. The fourth-order valence-electron chi connectivity index (χ4n) is 2.75. The van der Waals surface area contributed by atoms with Crippen LogP contribution in [0.2, 0.25) is 0 Å². The Bertz CT molecular complexity index is 115. The highest BCUT2D eigenvalue weighted by Gasteiger charge is 2.26. The zero-order valence-electron chi connectivity index (χ0n) is 7.85. The van der Waals surface area contributed by atoms with Gasteiger partial charge >= 0.3 is 0 Å². The van der Waals surface area contributed by atoms with Gasteiger partial charge in [0.25, 0.3) is 0 Å². The quantitative estimate of drug-likeness (QED) is 0.638. The first-order valence-corrected chi connectivity index (χ1v) is 5.31. The lowest BCUT2D eigenvalue weighted by molar-refractivity contribution is -0.914. The standard InChI is InChI=1S/C10H19N.ClH/c1-2-6-10(7-3-1)11-8-4-5-9-11;/h10H,1-9H2;1H/p+1. The lowest BCUT2D eigenvalue weighted by Crippen LogP contribution is -3.14. The summed E-state index contributed by atoms with van der Waals surface area (Å²) in [5.41, 5.74) is 0. The molecular formula is C10H21ClN+. The number of halogens is 1. The van der Waals surface area contributed by atoms with Crippen molar-refractivity contribution in [3.05, 3.63) is 0 Å². The number of hydrogen-bond donors (Lipinski definition) is 1. The maximum atomic E-state index is 1.93. The molecule has 0 spiro atoms. The van der Waals surface area contributed by atoms with Crippen molar-refractivity contribution in [3.63, 3.8) is 0 Å². The highest BCUT2D eigenvalue weighted by Crippen LogP contribution is 2.16. The Kier molecular flexibility index (Phi) is 4.38. The normalized spacial score (nSPS) is 27.0. The topological polar surface area (TPSA) is 4.44 Å². The van der Waals surface area contributed by atoms with Gasteiger partial charge in [0.05, 0.1) is 19.1 Å². The van der Waals surface area contributed by atoms with Crippen molar-refractivity contribution in [1.29, 1.82) is 0 Å². The molecule has 0 amide bonds. The van der Waals surface area contributed by atoms with E-state index in [9.17, 15) is 0 Å². The van der Waals surface area contributed by atoms with Gasteiger partial charge in [-0.25, -0.2) is 0 Å². The number of quaternary nitrogens is 1. The molecule has 1 aliphatic carbocycles. The molecule has 0 unspecified atom stereocenters. The molecule has 0 aromatic rings. The SMILES string of the molecule is C1CCC([NH+]2CCCC2)CC1.Cl. The molecule has 0 aromatic carbocycles. The summed E-state index contributed by atoms with van der Waals surface area (Å²) in [6.07, 6.45) is 10.6. The van der Waals surface area contributed by atoms with Gasteiger partial charge < -0.3 is 4.90 Å². The molecule has 0 radical (unpaired) electrons. The third kappa shape index (κ3) is 2.37. The van der Waals surface area contributed by atoms with Gasteiger partial charge in [-0.05, 0) is 25.7 Å². The van der Waals surface area contributed by atoms with Crippen LogP contribution in [0.4, 0.5) is 0 Å². The Morgan fingerprint density at radius 2 is 1.33 bits per heavy atom. The fourth-order valence-corrected chi connectivity index (χ4v) is 2.75. The van der Waals surface area contributed by atoms with E-state index in [1.165, 1.54) is 58.0 Å². The summed E-state index contributed by atoms with van der Waals surface area (Å²) in [4.78, 5) is 1.93. The minimum atomic E-state index is 0. The molecule has 1 heterocycles. The molecule has 0 bridgehead atoms. The minimum Gasteiger partial charge on any atom is -0.333 e. The van der Waals surface area contributed by atoms with Crippen molar-refractivity contribution in [2.24, 2.45) is 0 Å². The van der Waals surface area contributed by atoms with Crippen molar-refractivity contribution in [2.75, 3.05) is 13.1 Å². The summed E-state index contributed by atoms with van der Waals surface area (Å²) in [6.45, 7) is 2.95. The van der Waals surface area contributed by atoms with Crippen LogP contribution >= 0.6 is 12.4 Å². The maximum Gasteiger partial charge on any atom is 0.0874 e. The third-order valence-electron chi connectivity index (χ3n) is 3.43. The third-order valence-corrected chi connectivity index (χ3v) is 3.43. The van der Waals surface area contributed by atoms with Crippen molar-refractivity contribution in [3.8, 4) is 0 Å². The first-order valence-electron chi connectivity index (χ1n) is 5.31. The van der Waals surface area contributed by atoms with Crippen LogP contribution in [-0.4, -0.2) is 19.1 Å². The van der Waals surface area contributed by atoms with Crippen LogP contribution in [0.1, 0.15) is 44.9 Å². The zero-order chi connectivity index (χ0) is 7.52. The Balaban J connectivity index is 0.000000720. The molecule has 0 aromatic heterocycles. The highest BCUT2D eigenvalue weighted by atomic mass is 35.5. The highest BCUT2D eigenvalue weighted by molar-refractivity contribution is 5.85. The lowest BCUT2D eigenvalue weighted by atomic mass is 9.94. The van der Waals surface area contributed by atoms with Gasteiger partial charge in [-0.3, -0.25) is 0 Å². The predicted molar refractivity (Wildman–Crippen MR) is 54.1 cm³/mol. The largest absolute Gasteiger partial charge is 0.333 e. The molecule has 1 N–H and O–H groups in total. The van der Waals surface area contributed by atoms with Crippen LogP contribution in [0.5, 0.6) is 0 Å². The smallest absolute Gasteiger partial charge is 0.0874 e. The van der Waals surface area contributed by atoms with E-state index in [1.54, 1.807) is 0 Å². The van der Waals surface area contributed by atoms with Crippen LogP contribution in [0, 0.1) is 0 Å². The molecule has 72 valence electrons. The Hall–Kier alpha value is 0.250. The number of rotatable bonds is 1. The molecule has 1 aliphatic heterocycles. The van der Waals surface area contributed by atoms with Crippen LogP contribution < -0.4 is 4.90 Å². The molecule has 2 fully saturated rings. The number of hydrogen-bond acceptors (Lipinski definition) is 0. The van der Waals surface area contributed by atoms with E-state index in [1.807, 2.05) is 4.90 Å². The molecule has 1 saturated carbocycles. The van der Waals surface area contributed by atoms with Crippen LogP contribution in [0.3, 0.4) is 0 Å². The molecule has 12 heavy (non-hydrogen) atoms. The van der Waals surface area contributed by atoms with Crippen molar-refractivity contribution >= 4 is 12.4 Å². The van der Waals surface area contributed by atoms with Crippen molar-refractivity contribution in [2.45, 2.75) is 51.0 Å². The molecule has 1 saturated heterocycles. The van der Waals surface area contributed by atoms with Gasteiger partial charge in [-0.1, -0.05) is 6.42 Å². The number of likely N-dealkylation sites (tertiary alicyclic amines) is 1. The van der Waals surface area contributed by atoms with E-state index < -0.39 is 0 Å². The summed E-state index contributed by atoms with van der Waals surface area (Å²) < 4.78 is 0. The van der Waals surface area contributed by atoms with Crippen molar-refractivity contribution in [1.82, 2.24) is 0 Å². The van der Waals surface area contributed by atoms with Gasteiger partial charge in [0.15, 0.2) is 0 Å². The first-order chi connectivity index (χ1) is 5.47.